The molecule has 0 unspecified atom stereocenters. The molecule has 0 saturated heterocycles. The lowest BCUT2D eigenvalue weighted by Gasteiger charge is -2.40. The second-order valence-corrected chi connectivity index (χ2v) is 11.1. The number of hydrogen-bond acceptors (Lipinski definition) is 5. The fourth-order valence-electron chi connectivity index (χ4n) is 4.82. The maximum atomic E-state index is 13.9. The highest BCUT2D eigenvalue weighted by atomic mass is 19.3. The maximum Gasteiger partial charge on any atom is 0.451 e. The van der Waals surface area contributed by atoms with Gasteiger partial charge in [-0.3, -0.25) is 15.0 Å². The molecule has 0 saturated carbocycles. The molecule has 0 aliphatic heterocycles. The number of amides is 2. The van der Waals surface area contributed by atoms with E-state index in [2.05, 4.69) is 5.43 Å². The molecule has 0 fully saturated rings. The second kappa shape index (κ2) is 13.9. The first-order valence-electron chi connectivity index (χ1n) is 13.3. The van der Waals surface area contributed by atoms with Gasteiger partial charge in [0.05, 0.1) is 6.04 Å². The Bertz CT molecular complexity index is 1130. The molecule has 214 valence electrons. The lowest BCUT2D eigenvalue weighted by atomic mass is 9.83. The molecule has 2 aromatic carbocycles. The van der Waals surface area contributed by atoms with Crippen molar-refractivity contribution in [3.05, 3.63) is 63.7 Å². The summed E-state index contributed by atoms with van der Waals surface area (Å²) in [6.07, 6.45) is 2.05. The highest BCUT2D eigenvalue weighted by Gasteiger charge is 2.35. The molecule has 3 N–H and O–H groups in total. The van der Waals surface area contributed by atoms with Crippen molar-refractivity contribution in [2.24, 2.45) is 5.41 Å². The molecule has 0 aromatic heterocycles. The number of alkyl halides is 2. The van der Waals surface area contributed by atoms with Crippen molar-refractivity contribution in [3.63, 3.8) is 0 Å². The summed E-state index contributed by atoms with van der Waals surface area (Å²) in [5, 5.41) is 19.6. The molecule has 0 radical (unpaired) electrons. The molecule has 2 amide bonds. The lowest BCUT2D eigenvalue weighted by Crippen LogP contribution is -2.56. The number of carbonyl (C=O) groups is 2. The molecule has 0 aliphatic carbocycles. The van der Waals surface area contributed by atoms with Crippen LogP contribution in [0.15, 0.2) is 30.3 Å². The topological polar surface area (TPSA) is 99.1 Å². The highest BCUT2D eigenvalue weighted by molar-refractivity contribution is 6.40. The van der Waals surface area contributed by atoms with Crippen molar-refractivity contribution >= 4 is 18.9 Å². The van der Waals surface area contributed by atoms with E-state index in [1.165, 1.54) is 24.1 Å². The van der Waals surface area contributed by atoms with Crippen molar-refractivity contribution in [2.45, 2.75) is 93.1 Å². The average Bonchev–Trinajstić information content (AvgIpc) is 2.81. The molecule has 0 heterocycles. The van der Waals surface area contributed by atoms with E-state index in [9.17, 15) is 18.4 Å². The predicted octanol–water partition coefficient (Wildman–Crippen LogP) is 5.62. The van der Waals surface area contributed by atoms with E-state index in [-0.39, 0.29) is 47.0 Å². The summed E-state index contributed by atoms with van der Waals surface area (Å²) in [4.78, 5) is 27.5. The van der Waals surface area contributed by atoms with E-state index >= 15 is 0 Å². The van der Waals surface area contributed by atoms with Gasteiger partial charge >= 0.3 is 13.7 Å². The van der Waals surface area contributed by atoms with Crippen LogP contribution < -0.4 is 10.2 Å². The van der Waals surface area contributed by atoms with E-state index < -0.39 is 19.6 Å². The molecule has 0 spiro atoms. The normalized spacial score (nSPS) is 12.3. The summed E-state index contributed by atoms with van der Waals surface area (Å²) in [5.74, 6) is -1.10. The molecular weight excluding hydrogens is 505 g/mol. The number of hydrazine groups is 1. The second-order valence-electron chi connectivity index (χ2n) is 11.1. The quantitative estimate of drug-likeness (QED) is 0.251. The third-order valence-corrected chi connectivity index (χ3v) is 6.63. The molecule has 2 rings (SSSR count). The van der Waals surface area contributed by atoms with Crippen LogP contribution in [0.5, 0.6) is 5.75 Å². The molecule has 1 atom stereocenters. The largest absolute Gasteiger partial charge is 0.451 e. The van der Waals surface area contributed by atoms with Crippen LogP contribution in [0.1, 0.15) is 89.9 Å². The van der Waals surface area contributed by atoms with E-state index in [1.807, 2.05) is 47.6 Å². The van der Waals surface area contributed by atoms with Gasteiger partial charge in [-0.2, -0.15) is 8.78 Å². The number of hydrogen-bond donors (Lipinski definition) is 3. The van der Waals surface area contributed by atoms with Crippen molar-refractivity contribution < 1.29 is 33.2 Å². The number of ether oxygens (including phenoxy) is 1. The predicted molar refractivity (Wildman–Crippen MR) is 149 cm³/mol. The first kappa shape index (κ1) is 32.2. The third kappa shape index (κ3) is 9.03. The Morgan fingerprint density at radius 1 is 1.08 bits per heavy atom. The van der Waals surface area contributed by atoms with Crippen LogP contribution in [0.25, 0.3) is 0 Å². The fraction of sp³-hybridized carbons (Fsp3) is 0.517. The van der Waals surface area contributed by atoms with Gasteiger partial charge in [0.25, 0.3) is 11.8 Å². The van der Waals surface area contributed by atoms with Gasteiger partial charge in [0.2, 0.25) is 0 Å². The van der Waals surface area contributed by atoms with Gasteiger partial charge in [0, 0.05) is 16.7 Å². The van der Waals surface area contributed by atoms with Crippen LogP contribution in [0.2, 0.25) is 6.32 Å². The van der Waals surface area contributed by atoms with Crippen LogP contribution in [0.4, 0.5) is 8.78 Å². The Labute approximate surface area is 230 Å². The van der Waals surface area contributed by atoms with Crippen LogP contribution in [-0.4, -0.2) is 46.6 Å². The zero-order valence-electron chi connectivity index (χ0n) is 24.0. The minimum absolute atomic E-state index is 0.0660. The molecule has 0 aliphatic rings. The SMILES string of the molecule is CCC[C@@H](N(NC(=O)c1ccc(CCCB(O)O)c(OC(F)F)c1C)C(=O)c1cc(C)cc(C)c1)C(C)(C)C. The van der Waals surface area contributed by atoms with Crippen LogP contribution in [0, 0.1) is 26.2 Å². The van der Waals surface area contributed by atoms with Crippen LogP contribution in [0.3, 0.4) is 0 Å². The van der Waals surface area contributed by atoms with Gasteiger partial charge < -0.3 is 14.8 Å². The third-order valence-electron chi connectivity index (χ3n) is 6.63. The van der Waals surface area contributed by atoms with Gasteiger partial charge in [-0.25, -0.2) is 5.01 Å². The Morgan fingerprint density at radius 3 is 2.21 bits per heavy atom. The standard InChI is InChI=1S/C29H41BF2N2O5/c1-8-10-24(29(5,6)7)34(27(36)22-16-18(2)15-19(3)17-22)33-26(35)23-13-12-21(11-9-14-30(37)38)25(20(23)4)39-28(31)32/h12-13,15-17,24,28,37-38H,8-11,14H2,1-7H3,(H,33,35)/t24-/m1/s1. The number of halogens is 2. The number of benzene rings is 2. The summed E-state index contributed by atoms with van der Waals surface area (Å²) >= 11 is 0. The Kier molecular flexibility index (Phi) is 11.5. The molecule has 7 nitrogen and oxygen atoms in total. The van der Waals surface area contributed by atoms with Crippen LogP contribution in [-0.2, 0) is 6.42 Å². The van der Waals surface area contributed by atoms with Crippen LogP contribution >= 0.6 is 0 Å². The Morgan fingerprint density at radius 2 is 1.69 bits per heavy atom. The van der Waals surface area contributed by atoms with Gasteiger partial charge in [-0.05, 0) is 69.1 Å². The average molecular weight is 546 g/mol. The molecule has 10 heteroatoms. The number of aryl methyl sites for hydroxylation is 3. The highest BCUT2D eigenvalue weighted by Crippen LogP contribution is 2.32. The number of nitrogens with zero attached hydrogens (tertiary/aromatic N) is 1. The molecular formula is C29H41BF2N2O5. The zero-order chi connectivity index (χ0) is 29.5. The summed E-state index contributed by atoms with van der Waals surface area (Å²) in [6, 6.07) is 8.20. The molecule has 2 aromatic rings. The molecule has 39 heavy (non-hydrogen) atoms. The zero-order valence-corrected chi connectivity index (χ0v) is 24.0. The summed E-state index contributed by atoms with van der Waals surface area (Å²) < 4.78 is 31.4. The van der Waals surface area contributed by atoms with Crippen molar-refractivity contribution in [2.75, 3.05) is 0 Å². The lowest BCUT2D eigenvalue weighted by molar-refractivity contribution is -0.0509. The van der Waals surface area contributed by atoms with Gasteiger partial charge in [-0.1, -0.05) is 63.8 Å². The number of rotatable bonds is 11. The van der Waals surface area contributed by atoms with E-state index in [0.717, 1.165) is 17.5 Å². The minimum Gasteiger partial charge on any atom is -0.434 e. The number of nitrogens with one attached hydrogen (secondary N) is 1. The smallest absolute Gasteiger partial charge is 0.434 e. The monoisotopic (exact) mass is 546 g/mol. The summed E-state index contributed by atoms with van der Waals surface area (Å²) in [7, 11) is -1.50. The summed E-state index contributed by atoms with van der Waals surface area (Å²) in [5.41, 5.74) is 5.42. The molecule has 0 bridgehead atoms. The van der Waals surface area contributed by atoms with Crippen molar-refractivity contribution in [1.29, 1.82) is 0 Å². The Hall–Kier alpha value is -2.98. The first-order valence-corrected chi connectivity index (χ1v) is 13.3. The fourth-order valence-corrected chi connectivity index (χ4v) is 4.82. The minimum atomic E-state index is -3.11. The van der Waals surface area contributed by atoms with E-state index in [4.69, 9.17) is 14.8 Å². The van der Waals surface area contributed by atoms with E-state index in [1.54, 1.807) is 12.1 Å². The van der Waals surface area contributed by atoms with Gasteiger partial charge in [-0.15, -0.1) is 0 Å². The number of carbonyl (C=O) groups excluding carboxylic acids is 2. The van der Waals surface area contributed by atoms with Crippen molar-refractivity contribution in [3.8, 4) is 5.75 Å². The Balaban J connectivity index is 2.52. The first-order chi connectivity index (χ1) is 18.1. The maximum absolute atomic E-state index is 13.9. The van der Waals surface area contributed by atoms with Gasteiger partial charge in [0.1, 0.15) is 5.75 Å². The van der Waals surface area contributed by atoms with Gasteiger partial charge in [0.15, 0.2) is 0 Å². The van der Waals surface area contributed by atoms with E-state index in [0.29, 0.717) is 24.0 Å². The summed E-state index contributed by atoms with van der Waals surface area (Å²) in [6.45, 7) is 10.2. The van der Waals surface area contributed by atoms with Crippen molar-refractivity contribution in [1.82, 2.24) is 10.4 Å².